The van der Waals surface area contributed by atoms with Crippen molar-refractivity contribution in [1.82, 2.24) is 0 Å². The molecule has 0 radical (unpaired) electrons. The van der Waals surface area contributed by atoms with Crippen LogP contribution in [0.5, 0.6) is 5.75 Å². The second kappa shape index (κ2) is 9.25. The molecule has 6 heteroatoms. The van der Waals surface area contributed by atoms with Gasteiger partial charge in [-0.15, -0.1) is 0 Å². The van der Waals surface area contributed by atoms with E-state index in [1.165, 1.54) is 0 Å². The van der Waals surface area contributed by atoms with Crippen LogP contribution >= 0.6 is 0 Å². The van der Waals surface area contributed by atoms with Crippen molar-refractivity contribution in [2.24, 2.45) is 0 Å². The second-order valence-electron chi connectivity index (χ2n) is 6.81. The van der Waals surface area contributed by atoms with E-state index in [9.17, 15) is 9.90 Å². The number of aliphatic carboxylic acids is 1. The van der Waals surface area contributed by atoms with Crippen LogP contribution in [0, 0.1) is 11.3 Å². The molecule has 0 aliphatic carbocycles. The lowest BCUT2D eigenvalue weighted by atomic mass is 10.0. The maximum Gasteiger partial charge on any atom is 0.330 e. The highest BCUT2D eigenvalue weighted by Gasteiger charge is 2.22. The van der Waals surface area contributed by atoms with E-state index in [-0.39, 0.29) is 6.10 Å². The summed E-state index contributed by atoms with van der Waals surface area (Å²) >= 11 is 0. The molecule has 2 aromatic rings. The Hall–Kier alpha value is -3.04. The van der Waals surface area contributed by atoms with Crippen molar-refractivity contribution >= 4 is 11.7 Å². The van der Waals surface area contributed by atoms with Gasteiger partial charge in [0.1, 0.15) is 12.4 Å². The minimum absolute atomic E-state index is 0.0979. The number of benzene rings is 2. The number of rotatable bonds is 8. The summed E-state index contributed by atoms with van der Waals surface area (Å²) in [6, 6.07) is 13.4. The first kappa shape index (κ1) is 19.7. The number of ether oxygens (including phenoxy) is 2. The molecule has 2 N–H and O–H groups in total. The number of carboxylic acid groups (broad SMARTS) is 1. The van der Waals surface area contributed by atoms with E-state index < -0.39 is 12.0 Å². The third kappa shape index (κ3) is 5.02. The van der Waals surface area contributed by atoms with Gasteiger partial charge in [-0.25, -0.2) is 4.79 Å². The summed E-state index contributed by atoms with van der Waals surface area (Å²) in [7, 11) is 0. The fourth-order valence-electron chi connectivity index (χ4n) is 3.20. The number of carboxylic acids is 1. The Balaban J connectivity index is 1.80. The molecule has 0 spiro atoms. The van der Waals surface area contributed by atoms with Gasteiger partial charge in [0.15, 0.2) is 6.04 Å². The van der Waals surface area contributed by atoms with Crippen molar-refractivity contribution in [3.05, 3.63) is 59.2 Å². The van der Waals surface area contributed by atoms with E-state index in [0.717, 1.165) is 31.4 Å². The van der Waals surface area contributed by atoms with Gasteiger partial charge in [-0.1, -0.05) is 13.0 Å². The lowest BCUT2D eigenvalue weighted by Gasteiger charge is -2.19. The Bertz CT molecular complexity index is 852. The smallest absolute Gasteiger partial charge is 0.330 e. The van der Waals surface area contributed by atoms with Crippen molar-refractivity contribution in [2.45, 2.75) is 38.3 Å². The monoisotopic (exact) mass is 380 g/mol. The number of hydrogen-bond acceptors (Lipinski definition) is 5. The van der Waals surface area contributed by atoms with Crippen molar-refractivity contribution in [3.8, 4) is 11.8 Å². The summed E-state index contributed by atoms with van der Waals surface area (Å²) in [6.07, 6.45) is 2.90. The topological polar surface area (TPSA) is 91.6 Å². The van der Waals surface area contributed by atoms with E-state index in [4.69, 9.17) is 14.7 Å². The molecule has 0 saturated carbocycles. The Labute approximate surface area is 164 Å². The van der Waals surface area contributed by atoms with E-state index in [0.29, 0.717) is 29.2 Å². The average Bonchev–Trinajstić information content (AvgIpc) is 3.24. The first-order valence-corrected chi connectivity index (χ1v) is 9.47. The van der Waals surface area contributed by atoms with Crippen LogP contribution in [0.25, 0.3) is 0 Å². The molecule has 1 heterocycles. The fourth-order valence-corrected chi connectivity index (χ4v) is 3.20. The number of carbonyl (C=O) groups is 1. The number of nitrogens with zero attached hydrogens (tertiary/aromatic N) is 1. The van der Waals surface area contributed by atoms with Crippen molar-refractivity contribution in [3.63, 3.8) is 0 Å². The second-order valence-corrected chi connectivity index (χ2v) is 6.81. The van der Waals surface area contributed by atoms with Gasteiger partial charge in [0.05, 0.1) is 17.7 Å². The first-order chi connectivity index (χ1) is 13.6. The normalized spacial score (nSPS) is 16.9. The van der Waals surface area contributed by atoms with Crippen LogP contribution in [0.4, 0.5) is 5.69 Å². The Morgan fingerprint density at radius 1 is 1.36 bits per heavy atom. The van der Waals surface area contributed by atoms with Crippen LogP contribution in [0.1, 0.15) is 42.5 Å². The third-order valence-corrected chi connectivity index (χ3v) is 4.76. The molecule has 1 aliphatic rings. The SMILES string of the molecule is CCc1cc(OCC2CCCO2)cc(C(Nc2ccc(C#N)cc2)C(=O)O)c1. The van der Waals surface area contributed by atoms with Gasteiger partial charge in [-0.3, -0.25) is 0 Å². The van der Waals surface area contributed by atoms with Crippen LogP contribution in [0.3, 0.4) is 0 Å². The average molecular weight is 380 g/mol. The van der Waals surface area contributed by atoms with Crippen molar-refractivity contribution in [1.29, 1.82) is 5.26 Å². The minimum atomic E-state index is -0.984. The van der Waals surface area contributed by atoms with Crippen LogP contribution in [-0.2, 0) is 16.0 Å². The zero-order valence-corrected chi connectivity index (χ0v) is 15.9. The molecular weight excluding hydrogens is 356 g/mol. The van der Waals surface area contributed by atoms with Crippen LogP contribution in [0.15, 0.2) is 42.5 Å². The molecule has 28 heavy (non-hydrogen) atoms. The zero-order chi connectivity index (χ0) is 19.9. The van der Waals surface area contributed by atoms with Gasteiger partial charge in [0, 0.05) is 12.3 Å². The van der Waals surface area contributed by atoms with Crippen LogP contribution < -0.4 is 10.1 Å². The molecule has 1 saturated heterocycles. The number of aryl methyl sites for hydroxylation is 1. The molecule has 0 amide bonds. The van der Waals surface area contributed by atoms with Crippen LogP contribution in [0.2, 0.25) is 0 Å². The molecule has 0 aromatic heterocycles. The van der Waals surface area contributed by atoms with E-state index in [2.05, 4.69) is 11.4 Å². The van der Waals surface area contributed by atoms with E-state index in [1.54, 1.807) is 30.3 Å². The number of nitrogens with one attached hydrogen (secondary N) is 1. The maximum atomic E-state index is 11.9. The quantitative estimate of drug-likeness (QED) is 0.721. The molecule has 6 nitrogen and oxygen atoms in total. The standard InChI is InChI=1S/C22H24N2O4/c1-2-15-10-17(12-20(11-15)28-14-19-4-3-9-27-19)21(22(25)26)24-18-7-5-16(13-23)6-8-18/h5-8,10-12,19,21,24H,2-4,9,14H2,1H3,(H,25,26). The van der Waals surface area contributed by atoms with E-state index in [1.807, 2.05) is 19.1 Å². The van der Waals surface area contributed by atoms with Gasteiger partial charge < -0.3 is 19.9 Å². The first-order valence-electron chi connectivity index (χ1n) is 9.47. The third-order valence-electron chi connectivity index (χ3n) is 4.76. The van der Waals surface area contributed by atoms with Gasteiger partial charge in [0.2, 0.25) is 0 Å². The predicted molar refractivity (Wildman–Crippen MR) is 105 cm³/mol. The summed E-state index contributed by atoms with van der Waals surface area (Å²) in [5.41, 5.74) is 2.79. The summed E-state index contributed by atoms with van der Waals surface area (Å²) < 4.78 is 11.5. The van der Waals surface area contributed by atoms with Crippen molar-refractivity contribution in [2.75, 3.05) is 18.5 Å². The molecule has 1 fully saturated rings. The summed E-state index contributed by atoms with van der Waals surface area (Å²) in [6.45, 7) is 3.25. The Kier molecular flexibility index (Phi) is 6.51. The molecule has 3 rings (SSSR count). The Morgan fingerprint density at radius 3 is 2.75 bits per heavy atom. The highest BCUT2D eigenvalue weighted by Crippen LogP contribution is 2.27. The number of hydrogen-bond donors (Lipinski definition) is 2. The van der Waals surface area contributed by atoms with Gasteiger partial charge in [0.25, 0.3) is 0 Å². The van der Waals surface area contributed by atoms with E-state index >= 15 is 0 Å². The highest BCUT2D eigenvalue weighted by molar-refractivity contribution is 5.79. The molecule has 1 aliphatic heterocycles. The fraction of sp³-hybridized carbons (Fsp3) is 0.364. The zero-order valence-electron chi connectivity index (χ0n) is 15.9. The largest absolute Gasteiger partial charge is 0.491 e. The number of anilines is 1. The molecule has 146 valence electrons. The van der Waals surface area contributed by atoms with Gasteiger partial charge in [-0.2, -0.15) is 5.26 Å². The summed E-state index contributed by atoms with van der Waals surface area (Å²) in [4.78, 5) is 11.9. The predicted octanol–water partition coefficient (Wildman–Crippen LogP) is 3.92. The molecule has 0 bridgehead atoms. The minimum Gasteiger partial charge on any atom is -0.491 e. The maximum absolute atomic E-state index is 11.9. The Morgan fingerprint density at radius 2 is 2.14 bits per heavy atom. The van der Waals surface area contributed by atoms with Crippen LogP contribution in [-0.4, -0.2) is 30.4 Å². The molecule has 2 atom stereocenters. The lowest BCUT2D eigenvalue weighted by molar-refractivity contribution is -0.138. The molecule has 2 unspecified atom stereocenters. The lowest BCUT2D eigenvalue weighted by Crippen LogP contribution is -2.21. The van der Waals surface area contributed by atoms with Crippen molar-refractivity contribution < 1.29 is 19.4 Å². The summed E-state index contributed by atoms with van der Waals surface area (Å²) in [5, 5.41) is 21.7. The number of nitriles is 1. The summed E-state index contributed by atoms with van der Waals surface area (Å²) in [5.74, 6) is -0.333. The van der Waals surface area contributed by atoms with Gasteiger partial charge in [-0.05, 0) is 66.8 Å². The highest BCUT2D eigenvalue weighted by atomic mass is 16.5. The molecule has 2 aromatic carbocycles. The van der Waals surface area contributed by atoms with Gasteiger partial charge >= 0.3 is 5.97 Å². The molecular formula is C22H24N2O4.